The highest BCUT2D eigenvalue weighted by molar-refractivity contribution is 7.84. The molecule has 0 aliphatic heterocycles. The second kappa shape index (κ2) is 6.37. The zero-order chi connectivity index (χ0) is 9.56. The van der Waals surface area contributed by atoms with Crippen molar-refractivity contribution in [1.82, 2.24) is 10.6 Å². The minimum Gasteiger partial charge on any atom is -0.363 e. The van der Waals surface area contributed by atoms with Crippen molar-refractivity contribution in [3.05, 3.63) is 0 Å². The summed E-state index contributed by atoms with van der Waals surface area (Å²) in [6.45, 7) is 4.76. The Hall–Kier alpha value is -0.160. The van der Waals surface area contributed by atoms with Crippen LogP contribution >= 0.6 is 12.2 Å². The monoisotopic (exact) mass is 208 g/mol. The number of hydrogen-bond acceptors (Lipinski definition) is 2. The maximum Gasteiger partial charge on any atom is 0.166 e. The van der Waals surface area contributed by atoms with Crippen molar-refractivity contribution in [2.24, 2.45) is 0 Å². The molecule has 0 aromatic heterocycles. The van der Waals surface area contributed by atoms with Gasteiger partial charge in [-0.2, -0.15) is 0 Å². The van der Waals surface area contributed by atoms with E-state index in [1.54, 1.807) is 6.26 Å². The maximum atomic E-state index is 10.8. The third kappa shape index (κ3) is 6.54. The number of hydrogen-bond donors (Lipinski definition) is 2. The highest BCUT2D eigenvalue weighted by atomic mass is 32.2. The lowest BCUT2D eigenvalue weighted by Crippen LogP contribution is -2.42. The van der Waals surface area contributed by atoms with E-state index in [4.69, 9.17) is 12.2 Å². The Balaban J connectivity index is 3.61. The van der Waals surface area contributed by atoms with Crippen LogP contribution in [-0.4, -0.2) is 33.9 Å². The molecule has 0 aliphatic rings. The van der Waals surface area contributed by atoms with Gasteiger partial charge in [-0.3, -0.25) is 4.21 Å². The molecule has 0 spiro atoms. The van der Waals surface area contributed by atoms with Crippen LogP contribution in [0.3, 0.4) is 0 Å². The van der Waals surface area contributed by atoms with Crippen LogP contribution in [0.4, 0.5) is 0 Å². The average molecular weight is 208 g/mol. The SMILES string of the molecule is CCNC(=S)NC(C)CS(C)=O. The molecule has 0 rings (SSSR count). The van der Waals surface area contributed by atoms with Gasteiger partial charge in [0.1, 0.15) is 0 Å². The first-order valence-corrected chi connectivity index (χ1v) is 6.04. The zero-order valence-corrected chi connectivity index (χ0v) is 9.35. The average Bonchev–Trinajstić information content (AvgIpc) is 1.84. The molecule has 0 saturated carbocycles. The van der Waals surface area contributed by atoms with Gasteiger partial charge in [-0.05, 0) is 26.1 Å². The highest BCUT2D eigenvalue weighted by Gasteiger charge is 2.04. The van der Waals surface area contributed by atoms with E-state index in [0.717, 1.165) is 6.54 Å². The summed E-state index contributed by atoms with van der Waals surface area (Å²) in [4.78, 5) is 0. The van der Waals surface area contributed by atoms with Crippen molar-refractivity contribution >= 4 is 28.1 Å². The van der Waals surface area contributed by atoms with E-state index in [1.165, 1.54) is 0 Å². The lowest BCUT2D eigenvalue weighted by molar-refractivity contribution is 0.669. The normalized spacial score (nSPS) is 14.9. The third-order valence-corrected chi connectivity index (χ3v) is 2.43. The van der Waals surface area contributed by atoms with Crippen molar-refractivity contribution in [3.8, 4) is 0 Å². The van der Waals surface area contributed by atoms with Crippen LogP contribution < -0.4 is 10.6 Å². The van der Waals surface area contributed by atoms with Crippen LogP contribution in [0.25, 0.3) is 0 Å². The quantitative estimate of drug-likeness (QED) is 0.649. The molecule has 3 nitrogen and oxygen atoms in total. The van der Waals surface area contributed by atoms with Gasteiger partial charge >= 0.3 is 0 Å². The van der Waals surface area contributed by atoms with E-state index in [1.807, 2.05) is 13.8 Å². The van der Waals surface area contributed by atoms with Crippen LogP contribution in [0.2, 0.25) is 0 Å². The summed E-state index contributed by atoms with van der Waals surface area (Å²) in [6, 6.07) is 0.169. The summed E-state index contributed by atoms with van der Waals surface area (Å²) in [5.41, 5.74) is 0. The van der Waals surface area contributed by atoms with E-state index in [9.17, 15) is 4.21 Å². The Bertz CT molecular complexity index is 173. The number of nitrogens with one attached hydrogen (secondary N) is 2. The first kappa shape index (κ1) is 11.8. The molecule has 0 fully saturated rings. The summed E-state index contributed by atoms with van der Waals surface area (Å²) >= 11 is 4.96. The second-order valence-electron chi connectivity index (χ2n) is 2.64. The minimum atomic E-state index is -0.766. The van der Waals surface area contributed by atoms with Crippen molar-refractivity contribution in [3.63, 3.8) is 0 Å². The first-order chi connectivity index (χ1) is 5.56. The highest BCUT2D eigenvalue weighted by Crippen LogP contribution is 1.85. The van der Waals surface area contributed by atoms with E-state index in [2.05, 4.69) is 10.6 Å². The molecule has 0 heterocycles. The summed E-state index contributed by atoms with van der Waals surface area (Å²) in [6.07, 6.45) is 1.69. The molecule has 0 radical (unpaired) electrons. The fourth-order valence-corrected chi connectivity index (χ4v) is 1.96. The molecule has 0 aromatic carbocycles. The van der Waals surface area contributed by atoms with Crippen LogP contribution in [-0.2, 0) is 10.8 Å². The van der Waals surface area contributed by atoms with Gasteiger partial charge in [0.25, 0.3) is 0 Å². The number of rotatable bonds is 4. The molecular formula is C7H16N2OS2. The molecule has 0 aliphatic carbocycles. The van der Waals surface area contributed by atoms with Crippen molar-refractivity contribution < 1.29 is 4.21 Å². The molecule has 0 saturated heterocycles. The molecule has 0 aromatic rings. The zero-order valence-electron chi connectivity index (χ0n) is 7.72. The van der Waals surface area contributed by atoms with Crippen LogP contribution in [0.1, 0.15) is 13.8 Å². The molecule has 0 bridgehead atoms. The van der Waals surface area contributed by atoms with Gasteiger partial charge < -0.3 is 10.6 Å². The summed E-state index contributed by atoms with van der Waals surface area (Å²) in [5.74, 6) is 0.630. The fraction of sp³-hybridized carbons (Fsp3) is 0.857. The van der Waals surface area contributed by atoms with Crippen molar-refractivity contribution in [1.29, 1.82) is 0 Å². The van der Waals surface area contributed by atoms with Gasteiger partial charge in [0.05, 0.1) is 0 Å². The Kier molecular flexibility index (Phi) is 6.28. The van der Waals surface area contributed by atoms with Crippen molar-refractivity contribution in [2.75, 3.05) is 18.6 Å². The standard InChI is InChI=1S/C7H16N2OS2/c1-4-8-7(11)9-6(2)5-12(3)10/h6H,4-5H2,1-3H3,(H2,8,9,11). The lowest BCUT2D eigenvalue weighted by atomic mass is 10.4. The summed E-state index contributed by atoms with van der Waals surface area (Å²) < 4.78 is 10.8. The van der Waals surface area contributed by atoms with E-state index >= 15 is 0 Å². The first-order valence-electron chi connectivity index (χ1n) is 3.90. The Morgan fingerprint density at radius 3 is 2.67 bits per heavy atom. The Morgan fingerprint density at radius 2 is 2.25 bits per heavy atom. The predicted octanol–water partition coefficient (Wildman–Crippen LogP) is 0.237. The molecule has 2 unspecified atom stereocenters. The van der Waals surface area contributed by atoms with E-state index in [0.29, 0.717) is 10.9 Å². The van der Waals surface area contributed by atoms with Gasteiger partial charge in [-0.15, -0.1) is 0 Å². The molecule has 2 atom stereocenters. The smallest absolute Gasteiger partial charge is 0.166 e. The largest absolute Gasteiger partial charge is 0.363 e. The number of thiocarbonyl (C=S) groups is 1. The third-order valence-electron chi connectivity index (χ3n) is 1.20. The molecule has 2 N–H and O–H groups in total. The topological polar surface area (TPSA) is 41.1 Å². The molecule has 12 heavy (non-hydrogen) atoms. The molecule has 0 amide bonds. The van der Waals surface area contributed by atoms with Gasteiger partial charge in [-0.25, -0.2) is 0 Å². The van der Waals surface area contributed by atoms with E-state index < -0.39 is 10.8 Å². The van der Waals surface area contributed by atoms with Gasteiger partial charge in [0, 0.05) is 35.4 Å². The van der Waals surface area contributed by atoms with Gasteiger partial charge in [0.15, 0.2) is 5.11 Å². The Labute approximate surface area is 81.8 Å². The minimum absolute atomic E-state index is 0.169. The van der Waals surface area contributed by atoms with Crippen LogP contribution in [0.15, 0.2) is 0 Å². The van der Waals surface area contributed by atoms with Crippen LogP contribution in [0.5, 0.6) is 0 Å². The van der Waals surface area contributed by atoms with Gasteiger partial charge in [0.2, 0.25) is 0 Å². The lowest BCUT2D eigenvalue weighted by Gasteiger charge is -2.14. The molecule has 72 valence electrons. The van der Waals surface area contributed by atoms with Gasteiger partial charge in [-0.1, -0.05) is 0 Å². The van der Waals surface area contributed by atoms with Crippen molar-refractivity contribution in [2.45, 2.75) is 19.9 Å². The fourth-order valence-electron chi connectivity index (χ4n) is 0.829. The molecular weight excluding hydrogens is 192 g/mol. The summed E-state index contributed by atoms with van der Waals surface area (Å²) in [7, 11) is -0.766. The second-order valence-corrected chi connectivity index (χ2v) is 4.53. The van der Waals surface area contributed by atoms with Crippen LogP contribution in [0, 0.1) is 0 Å². The maximum absolute atomic E-state index is 10.8. The van der Waals surface area contributed by atoms with E-state index in [-0.39, 0.29) is 6.04 Å². The molecule has 5 heteroatoms. The summed E-state index contributed by atoms with van der Waals surface area (Å²) in [5, 5.41) is 6.65. The predicted molar refractivity (Wildman–Crippen MR) is 57.8 cm³/mol. The Morgan fingerprint density at radius 1 is 1.67 bits per heavy atom.